The van der Waals surface area contributed by atoms with Crippen molar-refractivity contribution in [3.63, 3.8) is 0 Å². The van der Waals surface area contributed by atoms with Crippen LogP contribution in [0.3, 0.4) is 0 Å². The van der Waals surface area contributed by atoms with E-state index in [1.54, 1.807) is 18.2 Å². The molecule has 0 heterocycles. The van der Waals surface area contributed by atoms with Gasteiger partial charge in [0.2, 0.25) is 5.91 Å². The summed E-state index contributed by atoms with van der Waals surface area (Å²) in [7, 11) is 1.46. The summed E-state index contributed by atoms with van der Waals surface area (Å²) in [6.45, 7) is 3.84. The Kier molecular flexibility index (Phi) is 6.82. The molecular formula is C14H18Cl2N2O2. The lowest BCUT2D eigenvalue weighted by molar-refractivity contribution is -0.121. The van der Waals surface area contributed by atoms with Crippen molar-refractivity contribution in [1.29, 1.82) is 0 Å². The van der Waals surface area contributed by atoms with Gasteiger partial charge in [-0.3, -0.25) is 4.79 Å². The van der Waals surface area contributed by atoms with Gasteiger partial charge in [0, 0.05) is 24.4 Å². The molecule has 0 spiro atoms. The highest BCUT2D eigenvalue weighted by Gasteiger charge is 2.11. The van der Waals surface area contributed by atoms with Crippen molar-refractivity contribution < 1.29 is 9.63 Å². The van der Waals surface area contributed by atoms with E-state index in [0.29, 0.717) is 28.6 Å². The maximum absolute atomic E-state index is 11.7. The summed E-state index contributed by atoms with van der Waals surface area (Å²) in [5.74, 6) is -0.0242. The van der Waals surface area contributed by atoms with Gasteiger partial charge in [-0.15, -0.1) is 0 Å². The molecule has 0 fully saturated rings. The van der Waals surface area contributed by atoms with Crippen LogP contribution in [0.15, 0.2) is 23.4 Å². The molecule has 0 saturated heterocycles. The van der Waals surface area contributed by atoms with Gasteiger partial charge < -0.3 is 10.2 Å². The van der Waals surface area contributed by atoms with E-state index in [2.05, 4.69) is 10.5 Å². The SMILES string of the molecule is CO/N=C(/CCC(=O)NC(C)C)c1ccc(Cl)c(Cl)c1. The number of hydrogen-bond donors (Lipinski definition) is 1. The maximum atomic E-state index is 11.7. The number of carbonyl (C=O) groups is 1. The normalized spacial score (nSPS) is 11.6. The summed E-state index contributed by atoms with van der Waals surface area (Å²) in [5, 5.41) is 7.70. The Morgan fingerprint density at radius 3 is 2.55 bits per heavy atom. The second kappa shape index (κ2) is 8.12. The van der Waals surface area contributed by atoms with Crippen molar-refractivity contribution in [2.75, 3.05) is 7.11 Å². The fourth-order valence-electron chi connectivity index (χ4n) is 1.65. The van der Waals surface area contributed by atoms with E-state index in [4.69, 9.17) is 28.0 Å². The third kappa shape index (κ3) is 5.39. The Hall–Kier alpha value is -1.26. The van der Waals surface area contributed by atoms with Crippen LogP contribution in [0.1, 0.15) is 32.3 Å². The van der Waals surface area contributed by atoms with Gasteiger partial charge in [-0.05, 0) is 26.0 Å². The highest BCUT2D eigenvalue weighted by Crippen LogP contribution is 2.23. The predicted molar refractivity (Wildman–Crippen MR) is 82.5 cm³/mol. The first-order chi connectivity index (χ1) is 9.43. The molecule has 0 unspecified atom stereocenters. The lowest BCUT2D eigenvalue weighted by atomic mass is 10.1. The van der Waals surface area contributed by atoms with Crippen molar-refractivity contribution >= 4 is 34.8 Å². The average Bonchev–Trinajstić information content (AvgIpc) is 2.37. The molecule has 6 heteroatoms. The smallest absolute Gasteiger partial charge is 0.220 e. The van der Waals surface area contributed by atoms with E-state index in [1.807, 2.05) is 13.8 Å². The summed E-state index contributed by atoms with van der Waals surface area (Å²) >= 11 is 11.9. The van der Waals surface area contributed by atoms with Crippen LogP contribution >= 0.6 is 23.2 Å². The van der Waals surface area contributed by atoms with Gasteiger partial charge in [0.05, 0.1) is 15.8 Å². The van der Waals surface area contributed by atoms with Crippen LogP contribution in [-0.4, -0.2) is 24.8 Å². The first kappa shape index (κ1) is 16.8. The molecule has 0 atom stereocenters. The minimum Gasteiger partial charge on any atom is -0.399 e. The number of benzene rings is 1. The van der Waals surface area contributed by atoms with Crippen LogP contribution in [0.2, 0.25) is 10.0 Å². The molecule has 0 bridgehead atoms. The molecule has 20 heavy (non-hydrogen) atoms. The second-order valence-electron chi connectivity index (χ2n) is 4.57. The van der Waals surface area contributed by atoms with Gasteiger partial charge in [-0.2, -0.15) is 0 Å². The molecule has 1 aromatic carbocycles. The number of carbonyl (C=O) groups excluding carboxylic acids is 1. The average molecular weight is 317 g/mol. The fraction of sp³-hybridized carbons (Fsp3) is 0.429. The molecule has 110 valence electrons. The number of hydrogen-bond acceptors (Lipinski definition) is 3. The van der Waals surface area contributed by atoms with Crippen LogP contribution in [0.4, 0.5) is 0 Å². The summed E-state index contributed by atoms with van der Waals surface area (Å²) < 4.78 is 0. The zero-order chi connectivity index (χ0) is 15.1. The zero-order valence-corrected chi connectivity index (χ0v) is 13.3. The third-order valence-electron chi connectivity index (χ3n) is 2.49. The maximum Gasteiger partial charge on any atom is 0.220 e. The van der Waals surface area contributed by atoms with E-state index in [9.17, 15) is 4.79 Å². The molecule has 0 aromatic heterocycles. The minimum atomic E-state index is -0.0242. The van der Waals surface area contributed by atoms with E-state index < -0.39 is 0 Å². The summed E-state index contributed by atoms with van der Waals surface area (Å²) in [5.41, 5.74) is 1.45. The van der Waals surface area contributed by atoms with Crippen LogP contribution < -0.4 is 5.32 Å². The summed E-state index contributed by atoms with van der Waals surface area (Å²) in [4.78, 5) is 16.5. The predicted octanol–water partition coefficient (Wildman–Crippen LogP) is 3.65. The molecule has 4 nitrogen and oxygen atoms in total. The van der Waals surface area contributed by atoms with Crippen LogP contribution in [0, 0.1) is 0 Å². The number of rotatable bonds is 6. The van der Waals surface area contributed by atoms with Crippen molar-refractivity contribution in [1.82, 2.24) is 5.32 Å². The molecule has 0 saturated carbocycles. The van der Waals surface area contributed by atoms with Crippen LogP contribution in [-0.2, 0) is 9.63 Å². The second-order valence-corrected chi connectivity index (χ2v) is 5.39. The lowest BCUT2D eigenvalue weighted by Crippen LogP contribution is -2.30. The topological polar surface area (TPSA) is 50.7 Å². The molecule has 0 aliphatic rings. The van der Waals surface area contributed by atoms with Crippen molar-refractivity contribution in [3.8, 4) is 0 Å². The van der Waals surface area contributed by atoms with Gasteiger partial charge in [-0.1, -0.05) is 34.4 Å². The number of halogens is 2. The number of nitrogens with one attached hydrogen (secondary N) is 1. The zero-order valence-electron chi connectivity index (χ0n) is 11.7. The molecule has 1 rings (SSSR count). The molecular weight excluding hydrogens is 299 g/mol. The van der Waals surface area contributed by atoms with Crippen molar-refractivity contribution in [2.24, 2.45) is 5.16 Å². The van der Waals surface area contributed by atoms with Crippen molar-refractivity contribution in [2.45, 2.75) is 32.7 Å². The van der Waals surface area contributed by atoms with E-state index >= 15 is 0 Å². The lowest BCUT2D eigenvalue weighted by Gasteiger charge is -2.10. The van der Waals surface area contributed by atoms with Crippen LogP contribution in [0.25, 0.3) is 0 Å². The fourth-order valence-corrected chi connectivity index (χ4v) is 1.95. The molecule has 1 amide bonds. The summed E-state index contributed by atoms with van der Waals surface area (Å²) in [6.07, 6.45) is 0.797. The largest absolute Gasteiger partial charge is 0.399 e. The van der Waals surface area contributed by atoms with Gasteiger partial charge in [0.25, 0.3) is 0 Å². The molecule has 1 N–H and O–H groups in total. The van der Waals surface area contributed by atoms with Crippen molar-refractivity contribution in [3.05, 3.63) is 33.8 Å². The quantitative estimate of drug-likeness (QED) is 0.643. The highest BCUT2D eigenvalue weighted by atomic mass is 35.5. The molecule has 1 aromatic rings. The van der Waals surface area contributed by atoms with Gasteiger partial charge in [-0.25, -0.2) is 0 Å². The molecule has 0 radical (unpaired) electrons. The van der Waals surface area contributed by atoms with Crippen LogP contribution in [0.5, 0.6) is 0 Å². The monoisotopic (exact) mass is 316 g/mol. The Bertz CT molecular complexity index is 502. The number of amides is 1. The third-order valence-corrected chi connectivity index (χ3v) is 3.23. The minimum absolute atomic E-state index is 0.0242. The van der Waals surface area contributed by atoms with Gasteiger partial charge >= 0.3 is 0 Å². The molecule has 0 aliphatic carbocycles. The van der Waals surface area contributed by atoms with Gasteiger partial charge in [0.15, 0.2) is 0 Å². The van der Waals surface area contributed by atoms with E-state index in [0.717, 1.165) is 5.56 Å². The Balaban J connectivity index is 2.77. The Morgan fingerprint density at radius 2 is 2.00 bits per heavy atom. The van der Waals surface area contributed by atoms with E-state index in [-0.39, 0.29) is 11.9 Å². The van der Waals surface area contributed by atoms with Gasteiger partial charge in [0.1, 0.15) is 7.11 Å². The highest BCUT2D eigenvalue weighted by molar-refractivity contribution is 6.42. The standard InChI is InChI=1S/C14H18Cl2N2O2/c1-9(2)17-14(19)7-6-13(18-20-3)10-4-5-11(15)12(16)8-10/h4-5,8-9H,6-7H2,1-3H3,(H,17,19)/b18-13-. The number of oxime groups is 1. The Labute approximate surface area is 129 Å². The summed E-state index contributed by atoms with van der Waals surface area (Å²) in [6, 6.07) is 5.32. The van der Waals surface area contributed by atoms with E-state index in [1.165, 1.54) is 7.11 Å². The first-order valence-corrected chi connectivity index (χ1v) is 7.04. The Morgan fingerprint density at radius 1 is 1.30 bits per heavy atom. The molecule has 0 aliphatic heterocycles. The number of nitrogens with zero attached hydrogens (tertiary/aromatic N) is 1. The first-order valence-electron chi connectivity index (χ1n) is 6.29.